The van der Waals surface area contributed by atoms with E-state index in [1.54, 1.807) is 36.4 Å². The number of nitrogens with one attached hydrogen (secondary N) is 1. The minimum Gasteiger partial charge on any atom is -0.492 e. The van der Waals surface area contributed by atoms with Crippen LogP contribution in [0.25, 0.3) is 5.69 Å². The monoisotopic (exact) mass is 370 g/mol. The molecule has 0 bridgehead atoms. The van der Waals surface area contributed by atoms with Crippen LogP contribution in [0.3, 0.4) is 0 Å². The minimum atomic E-state index is -3.70. The predicted molar refractivity (Wildman–Crippen MR) is 104 cm³/mol. The van der Waals surface area contributed by atoms with E-state index >= 15 is 0 Å². The zero-order valence-electron chi connectivity index (χ0n) is 15.1. The molecule has 0 saturated heterocycles. The lowest BCUT2D eigenvalue weighted by Crippen LogP contribution is -2.14. The van der Waals surface area contributed by atoms with Crippen molar-refractivity contribution in [3.8, 4) is 11.4 Å². The van der Waals surface area contributed by atoms with E-state index in [-0.39, 0.29) is 4.90 Å². The Morgan fingerprint density at radius 3 is 2.15 bits per heavy atom. The second-order valence-electron chi connectivity index (χ2n) is 5.98. The maximum Gasteiger partial charge on any atom is 0.262 e. The van der Waals surface area contributed by atoms with Gasteiger partial charge in [0.2, 0.25) is 0 Å². The number of benzene rings is 2. The topological polar surface area (TPSA) is 60.3 Å². The van der Waals surface area contributed by atoms with Gasteiger partial charge in [0.25, 0.3) is 10.0 Å². The maximum absolute atomic E-state index is 12.7. The number of rotatable bonds is 6. The number of hydrogen-bond acceptors (Lipinski definition) is 3. The van der Waals surface area contributed by atoms with Gasteiger partial charge in [-0.3, -0.25) is 4.72 Å². The average Bonchev–Trinajstić information content (AvgIpc) is 2.95. The molecule has 0 unspecified atom stereocenters. The molecule has 6 heteroatoms. The number of anilines is 1. The molecule has 0 amide bonds. The third-order valence-electron chi connectivity index (χ3n) is 4.11. The first-order valence-corrected chi connectivity index (χ1v) is 9.90. The summed E-state index contributed by atoms with van der Waals surface area (Å²) in [5.74, 6) is 0.508. The first-order chi connectivity index (χ1) is 12.4. The Labute approximate surface area is 154 Å². The van der Waals surface area contributed by atoms with E-state index < -0.39 is 10.0 Å². The average molecular weight is 370 g/mol. The molecule has 5 nitrogen and oxygen atoms in total. The fraction of sp³-hybridized carbons (Fsp3) is 0.200. The largest absolute Gasteiger partial charge is 0.492 e. The van der Waals surface area contributed by atoms with Crippen molar-refractivity contribution in [2.24, 2.45) is 0 Å². The summed E-state index contributed by atoms with van der Waals surface area (Å²) in [5, 5.41) is 0. The molecule has 0 radical (unpaired) electrons. The van der Waals surface area contributed by atoms with E-state index in [4.69, 9.17) is 4.74 Å². The fourth-order valence-electron chi connectivity index (χ4n) is 2.89. The summed E-state index contributed by atoms with van der Waals surface area (Å²) < 4.78 is 35.6. The molecule has 0 aliphatic carbocycles. The van der Waals surface area contributed by atoms with Crippen LogP contribution in [0.2, 0.25) is 0 Å². The summed E-state index contributed by atoms with van der Waals surface area (Å²) in [4.78, 5) is 0.204. The molecular formula is C20H22N2O3S. The van der Waals surface area contributed by atoms with Crippen molar-refractivity contribution in [2.75, 3.05) is 11.3 Å². The number of sulfonamides is 1. The first kappa shape index (κ1) is 18.1. The molecular weight excluding hydrogens is 348 g/mol. The van der Waals surface area contributed by atoms with Crippen LogP contribution in [0.1, 0.15) is 18.3 Å². The van der Waals surface area contributed by atoms with Gasteiger partial charge in [0.05, 0.1) is 17.2 Å². The molecule has 0 aliphatic heterocycles. The van der Waals surface area contributed by atoms with Crippen molar-refractivity contribution in [3.63, 3.8) is 0 Å². The SMILES string of the molecule is CCOc1ccccc1NS(=O)(=O)c1ccc(-n2c(C)ccc2C)cc1. The molecule has 0 spiro atoms. The summed E-state index contributed by atoms with van der Waals surface area (Å²) in [6, 6.07) is 17.9. The Kier molecular flexibility index (Phi) is 5.04. The molecule has 0 saturated carbocycles. The molecule has 0 aliphatic rings. The number of aromatic nitrogens is 1. The highest BCUT2D eigenvalue weighted by Crippen LogP contribution is 2.27. The quantitative estimate of drug-likeness (QED) is 0.704. The van der Waals surface area contributed by atoms with Gasteiger partial charge in [-0.25, -0.2) is 8.42 Å². The molecule has 0 atom stereocenters. The lowest BCUT2D eigenvalue weighted by molar-refractivity contribution is 0.342. The van der Waals surface area contributed by atoms with Crippen LogP contribution in [0.15, 0.2) is 65.6 Å². The summed E-state index contributed by atoms with van der Waals surface area (Å²) >= 11 is 0. The molecule has 3 aromatic rings. The molecule has 136 valence electrons. The zero-order chi connectivity index (χ0) is 18.7. The molecule has 1 heterocycles. The smallest absolute Gasteiger partial charge is 0.262 e. The van der Waals surface area contributed by atoms with E-state index in [1.165, 1.54) is 0 Å². The second-order valence-corrected chi connectivity index (χ2v) is 7.66. The predicted octanol–water partition coefficient (Wildman–Crippen LogP) is 4.29. The van der Waals surface area contributed by atoms with Gasteiger partial charge in [0.1, 0.15) is 5.75 Å². The van der Waals surface area contributed by atoms with Gasteiger partial charge in [-0.1, -0.05) is 12.1 Å². The number of nitrogens with zero attached hydrogens (tertiary/aromatic N) is 1. The lowest BCUT2D eigenvalue weighted by Gasteiger charge is -2.14. The zero-order valence-corrected chi connectivity index (χ0v) is 15.9. The van der Waals surface area contributed by atoms with Crippen molar-refractivity contribution >= 4 is 15.7 Å². The summed E-state index contributed by atoms with van der Waals surface area (Å²) in [5.41, 5.74) is 3.55. The van der Waals surface area contributed by atoms with Crippen molar-refractivity contribution in [1.29, 1.82) is 0 Å². The van der Waals surface area contributed by atoms with Crippen LogP contribution in [0.5, 0.6) is 5.75 Å². The molecule has 0 fully saturated rings. The van der Waals surface area contributed by atoms with Gasteiger partial charge < -0.3 is 9.30 Å². The number of para-hydroxylation sites is 2. The third-order valence-corrected chi connectivity index (χ3v) is 5.49. The summed E-state index contributed by atoms with van der Waals surface area (Å²) in [7, 11) is -3.70. The van der Waals surface area contributed by atoms with Gasteiger partial charge in [-0.2, -0.15) is 0 Å². The molecule has 1 N–H and O–H groups in total. The van der Waals surface area contributed by atoms with Gasteiger partial charge in [0.15, 0.2) is 0 Å². The first-order valence-electron chi connectivity index (χ1n) is 8.42. The molecule has 26 heavy (non-hydrogen) atoms. The Balaban J connectivity index is 1.89. The van der Waals surface area contributed by atoms with Crippen LogP contribution in [-0.2, 0) is 10.0 Å². The highest BCUT2D eigenvalue weighted by atomic mass is 32.2. The third kappa shape index (κ3) is 3.60. The van der Waals surface area contributed by atoms with Crippen LogP contribution in [-0.4, -0.2) is 19.6 Å². The van der Waals surface area contributed by atoms with E-state index in [0.717, 1.165) is 17.1 Å². The van der Waals surface area contributed by atoms with E-state index in [9.17, 15) is 8.42 Å². The van der Waals surface area contributed by atoms with Gasteiger partial charge in [0, 0.05) is 17.1 Å². The van der Waals surface area contributed by atoms with Gasteiger partial charge in [-0.15, -0.1) is 0 Å². The van der Waals surface area contributed by atoms with Crippen molar-refractivity contribution in [2.45, 2.75) is 25.7 Å². The molecule has 3 rings (SSSR count). The van der Waals surface area contributed by atoms with Crippen LogP contribution in [0.4, 0.5) is 5.69 Å². The second kappa shape index (κ2) is 7.25. The van der Waals surface area contributed by atoms with Gasteiger partial charge in [-0.05, 0) is 69.3 Å². The number of ether oxygens (including phenoxy) is 1. The summed E-state index contributed by atoms with van der Waals surface area (Å²) in [6.07, 6.45) is 0. The van der Waals surface area contributed by atoms with Crippen molar-refractivity contribution in [3.05, 3.63) is 72.1 Å². The number of aryl methyl sites for hydroxylation is 2. The van der Waals surface area contributed by atoms with Crippen molar-refractivity contribution < 1.29 is 13.2 Å². The lowest BCUT2D eigenvalue weighted by atomic mass is 10.3. The summed E-state index contributed by atoms with van der Waals surface area (Å²) in [6.45, 7) is 6.35. The Hall–Kier alpha value is -2.73. The van der Waals surface area contributed by atoms with Crippen LogP contribution < -0.4 is 9.46 Å². The standard InChI is InChI=1S/C20H22N2O3S/c1-4-25-20-8-6-5-7-19(20)21-26(23,24)18-13-11-17(12-14-18)22-15(2)9-10-16(22)3/h5-14,21H,4H2,1-3H3. The van der Waals surface area contributed by atoms with Gasteiger partial charge >= 0.3 is 0 Å². The molecule has 2 aromatic carbocycles. The molecule has 1 aromatic heterocycles. The fourth-order valence-corrected chi connectivity index (χ4v) is 3.96. The van der Waals surface area contributed by atoms with E-state index in [0.29, 0.717) is 18.0 Å². The van der Waals surface area contributed by atoms with Crippen LogP contribution in [0, 0.1) is 13.8 Å². The number of hydrogen-bond donors (Lipinski definition) is 1. The maximum atomic E-state index is 12.7. The van der Waals surface area contributed by atoms with Crippen molar-refractivity contribution in [1.82, 2.24) is 4.57 Å². The van der Waals surface area contributed by atoms with Crippen LogP contribution >= 0.6 is 0 Å². The highest BCUT2D eigenvalue weighted by molar-refractivity contribution is 7.92. The normalized spacial score (nSPS) is 11.3. The van der Waals surface area contributed by atoms with E-state index in [2.05, 4.69) is 9.29 Å². The minimum absolute atomic E-state index is 0.204. The highest BCUT2D eigenvalue weighted by Gasteiger charge is 2.17. The van der Waals surface area contributed by atoms with E-state index in [1.807, 2.05) is 45.0 Å². The Morgan fingerprint density at radius 2 is 1.54 bits per heavy atom. The Morgan fingerprint density at radius 1 is 0.923 bits per heavy atom. The Bertz CT molecular complexity index is 986.